The second-order valence-corrected chi connectivity index (χ2v) is 12.8. The van der Waals surface area contributed by atoms with E-state index in [1.807, 2.05) is 0 Å². The summed E-state index contributed by atoms with van der Waals surface area (Å²) in [6, 6.07) is -0.975. The molecule has 0 saturated heterocycles. The lowest BCUT2D eigenvalue weighted by Gasteiger charge is -2.28. The number of carbonyl (C=O) groups is 4. The molecule has 1 aromatic carbocycles. The van der Waals surface area contributed by atoms with Crippen LogP contribution in [0.4, 0.5) is 27.2 Å². The van der Waals surface area contributed by atoms with E-state index in [1.165, 1.54) is 25.1 Å². The maximum absolute atomic E-state index is 14.6. The first-order chi connectivity index (χ1) is 19.5. The van der Waals surface area contributed by atoms with Crippen LogP contribution in [0.15, 0.2) is 30.6 Å². The van der Waals surface area contributed by atoms with E-state index < -0.39 is 70.1 Å². The summed E-state index contributed by atoms with van der Waals surface area (Å²) in [7, 11) is 0. The first-order valence-corrected chi connectivity index (χ1v) is 14.6. The zero-order chi connectivity index (χ0) is 33.4. The summed E-state index contributed by atoms with van der Waals surface area (Å²) in [4.78, 5) is 49.3. The van der Waals surface area contributed by atoms with Gasteiger partial charge in [0.25, 0.3) is 0 Å². The van der Waals surface area contributed by atoms with Crippen molar-refractivity contribution in [2.75, 3.05) is 11.5 Å². The Hall–Kier alpha value is -3.01. The number of imidazole rings is 1. The summed E-state index contributed by atoms with van der Waals surface area (Å²) in [5, 5.41) is -0.0155. The Balaban J connectivity index is 0.00000105. The average Bonchev–Trinajstić information content (AvgIpc) is 3.28. The molecule has 0 fully saturated rings. The number of nitrogens with zero attached hydrogens (tertiary/aromatic N) is 2. The summed E-state index contributed by atoms with van der Waals surface area (Å²) in [5.74, 6) is -1.31. The van der Waals surface area contributed by atoms with E-state index in [0.29, 0.717) is 6.33 Å². The van der Waals surface area contributed by atoms with Gasteiger partial charge < -0.3 is 20.1 Å². The molecule has 0 unspecified atom stereocenters. The van der Waals surface area contributed by atoms with Crippen LogP contribution in [0.3, 0.4) is 0 Å². The van der Waals surface area contributed by atoms with Gasteiger partial charge in [-0.05, 0) is 67.5 Å². The zero-order valence-corrected chi connectivity index (χ0v) is 26.9. The largest absolute Gasteiger partial charge is 0.444 e. The van der Waals surface area contributed by atoms with Crippen LogP contribution in [-0.2, 0) is 25.1 Å². The highest BCUT2D eigenvalue weighted by Gasteiger charge is 2.59. The van der Waals surface area contributed by atoms with Crippen molar-refractivity contribution in [1.29, 1.82) is 0 Å². The van der Waals surface area contributed by atoms with Crippen molar-refractivity contribution >= 4 is 59.2 Å². The van der Waals surface area contributed by atoms with Crippen LogP contribution in [-0.4, -0.2) is 73.4 Å². The molecular weight excluding hydrogens is 628 g/mol. The standard InChI is InChI=1S/C18H21F4N3O3S.C9H17NO3S.CH4/c1-11(26)13(24-15(27)28-16(2,3)4)9-29-18(21,22)17(19,20)25-10-23-12-7-5-6-8-14(12)25;1-6(11)7(5-14)10-8(12)13-9(2,3)4;/h5-8,10,13H,9H2,1-4H3,(H,24,27);7,14H,5H2,1-4H3,(H,10,12);1H4/t13-;7-;/m00./s1. The van der Waals surface area contributed by atoms with Gasteiger partial charge in [-0.25, -0.2) is 14.6 Å². The Bertz CT molecular complexity index is 1280. The average molecular weight is 671 g/mol. The molecule has 0 aliphatic rings. The third kappa shape index (κ3) is 12.9. The van der Waals surface area contributed by atoms with E-state index in [-0.39, 0.29) is 34.6 Å². The van der Waals surface area contributed by atoms with Gasteiger partial charge in [0.15, 0.2) is 11.6 Å². The van der Waals surface area contributed by atoms with Gasteiger partial charge in [-0.1, -0.05) is 31.3 Å². The normalized spacial score (nSPS) is 13.4. The topological polar surface area (TPSA) is 129 Å². The number of hydrogen-bond acceptors (Lipinski definition) is 9. The van der Waals surface area contributed by atoms with E-state index in [0.717, 1.165) is 6.92 Å². The molecule has 2 atom stereocenters. The minimum Gasteiger partial charge on any atom is -0.444 e. The molecule has 2 rings (SSSR count). The minimum absolute atomic E-state index is 0. The van der Waals surface area contributed by atoms with Gasteiger partial charge in [-0.2, -0.15) is 30.2 Å². The van der Waals surface area contributed by atoms with Crippen molar-refractivity contribution in [3.8, 4) is 0 Å². The molecule has 1 aromatic heterocycles. The molecular formula is C28H42F4N4O6S2. The number of Topliss-reactive ketones (excluding diaryl/α,β-unsaturated/α-hetero) is 2. The summed E-state index contributed by atoms with van der Waals surface area (Å²) >= 11 is 3.52. The number of para-hydroxylation sites is 2. The predicted octanol–water partition coefficient (Wildman–Crippen LogP) is 6.43. The molecule has 2 amide bonds. The fourth-order valence-corrected chi connectivity index (χ4v) is 4.35. The number of carbonyl (C=O) groups excluding carboxylic acids is 4. The number of halogens is 4. The van der Waals surface area contributed by atoms with Crippen molar-refractivity contribution in [3.63, 3.8) is 0 Å². The van der Waals surface area contributed by atoms with Crippen molar-refractivity contribution in [3.05, 3.63) is 30.6 Å². The summed E-state index contributed by atoms with van der Waals surface area (Å²) in [5.41, 5.74) is -1.45. The van der Waals surface area contributed by atoms with E-state index in [2.05, 4.69) is 28.2 Å². The van der Waals surface area contributed by atoms with E-state index in [1.54, 1.807) is 47.6 Å². The third-order valence-corrected chi connectivity index (χ3v) is 6.56. The number of fused-ring (bicyclic) bond motifs is 1. The highest BCUT2D eigenvalue weighted by atomic mass is 32.2. The Morgan fingerprint density at radius 3 is 1.77 bits per heavy atom. The number of ether oxygens (including phenoxy) is 2. The van der Waals surface area contributed by atoms with Crippen LogP contribution in [0, 0.1) is 0 Å². The molecule has 250 valence electrons. The molecule has 0 spiro atoms. The second-order valence-electron chi connectivity index (χ2n) is 11.3. The number of benzene rings is 1. The molecule has 0 bridgehead atoms. The maximum Gasteiger partial charge on any atom is 0.408 e. The number of amides is 2. The molecule has 2 aromatic rings. The van der Waals surface area contributed by atoms with Gasteiger partial charge in [0.2, 0.25) is 0 Å². The third-order valence-electron chi connectivity index (χ3n) is 5.08. The van der Waals surface area contributed by atoms with Crippen LogP contribution < -0.4 is 10.6 Å². The SMILES string of the molecule is C.CC(=O)[C@H](CS)NC(=O)OC(C)(C)C.CC(=O)[C@H](CSC(F)(F)C(F)(F)n1cnc2ccccc21)NC(=O)OC(C)(C)C. The number of thiol groups is 1. The number of rotatable bonds is 10. The molecule has 10 nitrogen and oxygen atoms in total. The summed E-state index contributed by atoms with van der Waals surface area (Å²) < 4.78 is 68.1. The fourth-order valence-electron chi connectivity index (χ4n) is 3.03. The lowest BCUT2D eigenvalue weighted by Crippen LogP contribution is -2.46. The van der Waals surface area contributed by atoms with E-state index >= 15 is 0 Å². The molecule has 2 N–H and O–H groups in total. The van der Waals surface area contributed by atoms with Gasteiger partial charge >= 0.3 is 23.5 Å². The van der Waals surface area contributed by atoms with Crippen molar-refractivity contribution in [2.45, 2.75) is 97.4 Å². The fraction of sp³-hybridized carbons (Fsp3) is 0.607. The molecule has 1 heterocycles. The predicted molar refractivity (Wildman–Crippen MR) is 166 cm³/mol. The van der Waals surface area contributed by atoms with Gasteiger partial charge in [-0.15, -0.1) is 0 Å². The van der Waals surface area contributed by atoms with E-state index in [4.69, 9.17) is 9.47 Å². The van der Waals surface area contributed by atoms with Crippen LogP contribution in [0.1, 0.15) is 62.8 Å². The number of alkyl halides is 4. The highest BCUT2D eigenvalue weighted by molar-refractivity contribution is 8.00. The number of alkyl carbamates (subject to hydrolysis) is 2. The Kier molecular flexibility index (Phi) is 15.2. The van der Waals surface area contributed by atoms with E-state index in [9.17, 15) is 36.7 Å². The number of hydrogen-bond donors (Lipinski definition) is 3. The quantitative estimate of drug-likeness (QED) is 0.195. The number of ketones is 2. The van der Waals surface area contributed by atoms with Gasteiger partial charge in [0, 0.05) is 11.5 Å². The van der Waals surface area contributed by atoms with Crippen LogP contribution in [0.5, 0.6) is 0 Å². The lowest BCUT2D eigenvalue weighted by atomic mass is 10.2. The van der Waals surface area contributed by atoms with Crippen LogP contribution in [0.25, 0.3) is 11.0 Å². The number of thioether (sulfide) groups is 1. The zero-order valence-electron chi connectivity index (χ0n) is 25.2. The smallest absolute Gasteiger partial charge is 0.408 e. The minimum atomic E-state index is -4.62. The second kappa shape index (κ2) is 16.3. The molecule has 0 aliphatic carbocycles. The summed E-state index contributed by atoms with van der Waals surface area (Å²) in [6.07, 6.45) is -0.957. The first-order valence-electron chi connectivity index (χ1n) is 12.9. The lowest BCUT2D eigenvalue weighted by molar-refractivity contribution is -0.207. The van der Waals surface area contributed by atoms with Crippen molar-refractivity contribution < 1.29 is 46.2 Å². The van der Waals surface area contributed by atoms with Crippen LogP contribution in [0.2, 0.25) is 0 Å². The van der Waals surface area contributed by atoms with Crippen LogP contribution >= 0.6 is 24.4 Å². The van der Waals surface area contributed by atoms with Gasteiger partial charge in [-0.3, -0.25) is 14.2 Å². The Labute approximate surface area is 264 Å². The maximum atomic E-state index is 14.6. The molecule has 0 saturated carbocycles. The Morgan fingerprint density at radius 1 is 0.886 bits per heavy atom. The molecule has 0 aliphatic heterocycles. The number of aromatic nitrogens is 2. The molecule has 16 heteroatoms. The highest BCUT2D eigenvalue weighted by Crippen LogP contribution is 2.47. The molecule has 0 radical (unpaired) electrons. The monoisotopic (exact) mass is 670 g/mol. The molecule has 44 heavy (non-hydrogen) atoms. The summed E-state index contributed by atoms with van der Waals surface area (Å²) in [6.45, 7) is 12.5. The Morgan fingerprint density at radius 2 is 1.34 bits per heavy atom. The van der Waals surface area contributed by atoms with Crippen molar-refractivity contribution in [2.24, 2.45) is 0 Å². The van der Waals surface area contributed by atoms with Gasteiger partial charge in [0.05, 0.1) is 23.1 Å². The van der Waals surface area contributed by atoms with Gasteiger partial charge in [0.1, 0.15) is 17.5 Å². The first kappa shape index (κ1) is 41.0. The van der Waals surface area contributed by atoms with Crippen molar-refractivity contribution in [1.82, 2.24) is 20.2 Å². The number of nitrogens with one attached hydrogen (secondary N) is 2.